The van der Waals surface area contributed by atoms with E-state index >= 15 is 0 Å². The topological polar surface area (TPSA) is 49.3 Å². The van der Waals surface area contributed by atoms with Gasteiger partial charge in [-0.15, -0.1) is 0 Å². The molecule has 0 aliphatic heterocycles. The third-order valence-electron chi connectivity index (χ3n) is 2.40. The van der Waals surface area contributed by atoms with Gasteiger partial charge in [0.25, 0.3) is 5.91 Å². The fraction of sp³-hybridized carbons (Fsp3) is 0. The molecule has 2 N–H and O–H groups in total. The molecule has 6 heteroatoms. The first kappa shape index (κ1) is 12.9. The summed E-state index contributed by atoms with van der Waals surface area (Å²) in [4.78, 5) is 11.7. The Morgan fingerprint density at radius 1 is 1.11 bits per heavy atom. The van der Waals surface area contributed by atoms with E-state index < -0.39 is 29.1 Å². The number of hydrogen-bond donors (Lipinski definition) is 2. The molecule has 19 heavy (non-hydrogen) atoms. The molecule has 3 nitrogen and oxygen atoms in total. The van der Waals surface area contributed by atoms with Gasteiger partial charge in [0.1, 0.15) is 11.6 Å². The van der Waals surface area contributed by atoms with Crippen molar-refractivity contribution in [2.45, 2.75) is 0 Å². The molecule has 1 amide bonds. The van der Waals surface area contributed by atoms with Gasteiger partial charge in [-0.25, -0.2) is 13.2 Å². The summed E-state index contributed by atoms with van der Waals surface area (Å²) in [7, 11) is 0. The van der Waals surface area contributed by atoms with Gasteiger partial charge in [0.15, 0.2) is 11.6 Å². The molecule has 0 radical (unpaired) electrons. The van der Waals surface area contributed by atoms with Crippen LogP contribution >= 0.6 is 0 Å². The highest BCUT2D eigenvalue weighted by Crippen LogP contribution is 2.21. The van der Waals surface area contributed by atoms with Gasteiger partial charge in [-0.3, -0.25) is 4.79 Å². The van der Waals surface area contributed by atoms with Crippen LogP contribution in [0.15, 0.2) is 36.4 Å². The molecule has 0 saturated heterocycles. The zero-order valence-electron chi connectivity index (χ0n) is 9.45. The second kappa shape index (κ2) is 5.01. The van der Waals surface area contributed by atoms with E-state index in [1.165, 1.54) is 6.07 Å². The molecule has 98 valence electrons. The number of nitrogens with one attached hydrogen (secondary N) is 1. The quantitative estimate of drug-likeness (QED) is 0.878. The smallest absolute Gasteiger partial charge is 0.259 e. The number of halogens is 3. The molecule has 0 heterocycles. The maximum atomic E-state index is 13.3. The van der Waals surface area contributed by atoms with Crippen molar-refractivity contribution in [1.82, 2.24) is 0 Å². The van der Waals surface area contributed by atoms with E-state index in [0.29, 0.717) is 0 Å². The Morgan fingerprint density at radius 3 is 2.53 bits per heavy atom. The lowest BCUT2D eigenvalue weighted by Crippen LogP contribution is -2.13. The molecule has 0 aliphatic rings. The number of benzene rings is 2. The second-order valence-corrected chi connectivity index (χ2v) is 3.72. The normalized spacial score (nSPS) is 10.3. The van der Waals surface area contributed by atoms with Crippen molar-refractivity contribution in [3.8, 4) is 5.75 Å². The summed E-state index contributed by atoms with van der Waals surface area (Å²) >= 11 is 0. The Kier molecular flexibility index (Phi) is 3.41. The summed E-state index contributed by atoms with van der Waals surface area (Å²) in [5.41, 5.74) is -0.612. The fourth-order valence-corrected chi connectivity index (χ4v) is 1.49. The molecule has 0 bridgehead atoms. The van der Waals surface area contributed by atoms with E-state index in [4.69, 9.17) is 0 Å². The minimum absolute atomic E-state index is 0.245. The minimum Gasteiger partial charge on any atom is -0.507 e. The number of anilines is 1. The number of phenolic OH excluding ortho intramolecular Hbond substituents is 1. The first-order valence-electron chi connectivity index (χ1n) is 5.23. The number of carbonyl (C=O) groups is 1. The van der Waals surface area contributed by atoms with Gasteiger partial charge in [0, 0.05) is 6.07 Å². The summed E-state index contributed by atoms with van der Waals surface area (Å²) in [6.07, 6.45) is 0. The van der Waals surface area contributed by atoms with Gasteiger partial charge >= 0.3 is 0 Å². The zero-order chi connectivity index (χ0) is 14.0. The van der Waals surface area contributed by atoms with Crippen molar-refractivity contribution in [3.63, 3.8) is 0 Å². The van der Waals surface area contributed by atoms with Crippen LogP contribution in [0.25, 0.3) is 0 Å². The highest BCUT2D eigenvalue weighted by Gasteiger charge is 2.15. The van der Waals surface area contributed by atoms with Crippen LogP contribution in [0.4, 0.5) is 18.9 Å². The van der Waals surface area contributed by atoms with Crippen LogP contribution in [0.2, 0.25) is 0 Å². The molecular weight excluding hydrogens is 259 g/mol. The largest absolute Gasteiger partial charge is 0.507 e. The Hall–Kier alpha value is -2.50. The third-order valence-corrected chi connectivity index (χ3v) is 2.40. The maximum absolute atomic E-state index is 13.3. The van der Waals surface area contributed by atoms with Crippen LogP contribution < -0.4 is 5.32 Å². The van der Waals surface area contributed by atoms with Crippen molar-refractivity contribution in [1.29, 1.82) is 0 Å². The molecule has 0 unspecified atom stereocenters. The highest BCUT2D eigenvalue weighted by atomic mass is 19.2. The van der Waals surface area contributed by atoms with Crippen molar-refractivity contribution in [2.75, 3.05) is 5.32 Å². The van der Waals surface area contributed by atoms with E-state index in [1.54, 1.807) is 0 Å². The number of carbonyl (C=O) groups excluding carboxylic acids is 1. The van der Waals surface area contributed by atoms with Crippen LogP contribution in [-0.2, 0) is 0 Å². The van der Waals surface area contributed by atoms with Gasteiger partial charge in [-0.2, -0.15) is 0 Å². The molecule has 0 aromatic heterocycles. The Morgan fingerprint density at radius 2 is 1.84 bits per heavy atom. The number of phenols is 1. The molecule has 0 saturated carbocycles. The average molecular weight is 267 g/mol. The lowest BCUT2D eigenvalue weighted by Gasteiger charge is -2.08. The van der Waals surface area contributed by atoms with E-state index in [1.807, 2.05) is 0 Å². The SMILES string of the molecule is O=C(Nc1cccc(F)c1F)c1ccc(F)cc1O. The predicted octanol–water partition coefficient (Wildman–Crippen LogP) is 3.06. The Labute approximate surface area is 106 Å². The summed E-state index contributed by atoms with van der Waals surface area (Å²) in [5.74, 6) is -4.50. The molecule has 0 fully saturated rings. The highest BCUT2D eigenvalue weighted by molar-refractivity contribution is 6.06. The molecule has 2 aromatic carbocycles. The fourth-order valence-electron chi connectivity index (χ4n) is 1.49. The van der Waals surface area contributed by atoms with Crippen LogP contribution in [0.5, 0.6) is 5.75 Å². The predicted molar refractivity (Wildman–Crippen MR) is 62.4 cm³/mol. The van der Waals surface area contributed by atoms with Gasteiger partial charge in [0.05, 0.1) is 11.3 Å². The first-order chi connectivity index (χ1) is 8.99. The second-order valence-electron chi connectivity index (χ2n) is 3.72. The molecule has 2 rings (SSSR count). The number of rotatable bonds is 2. The first-order valence-corrected chi connectivity index (χ1v) is 5.23. The molecule has 0 spiro atoms. The summed E-state index contributed by atoms with van der Waals surface area (Å²) in [5, 5.41) is 11.5. The van der Waals surface area contributed by atoms with Crippen molar-refractivity contribution >= 4 is 11.6 Å². The average Bonchev–Trinajstić information content (AvgIpc) is 2.34. The molecule has 2 aromatic rings. The van der Waals surface area contributed by atoms with E-state index in [2.05, 4.69) is 5.32 Å². The van der Waals surface area contributed by atoms with Gasteiger partial charge in [0.2, 0.25) is 0 Å². The number of aromatic hydroxyl groups is 1. The van der Waals surface area contributed by atoms with Gasteiger partial charge < -0.3 is 10.4 Å². The van der Waals surface area contributed by atoms with E-state index in [9.17, 15) is 23.1 Å². The van der Waals surface area contributed by atoms with Crippen molar-refractivity contribution < 1.29 is 23.1 Å². The van der Waals surface area contributed by atoms with Crippen LogP contribution in [0, 0.1) is 17.5 Å². The van der Waals surface area contributed by atoms with Gasteiger partial charge in [-0.05, 0) is 24.3 Å². The standard InChI is InChI=1S/C13H8F3NO2/c14-7-4-5-8(11(18)6-7)13(19)17-10-3-1-2-9(15)12(10)16/h1-6,18H,(H,17,19). The molecule has 0 aliphatic carbocycles. The summed E-state index contributed by atoms with van der Waals surface area (Å²) < 4.78 is 39.0. The number of amides is 1. The van der Waals surface area contributed by atoms with Crippen molar-refractivity contribution in [3.05, 3.63) is 59.4 Å². The molecular formula is C13H8F3NO2. The van der Waals surface area contributed by atoms with E-state index in [0.717, 1.165) is 30.3 Å². The Balaban J connectivity index is 2.28. The van der Waals surface area contributed by atoms with Crippen molar-refractivity contribution in [2.24, 2.45) is 0 Å². The third kappa shape index (κ3) is 2.67. The summed E-state index contributed by atoms with van der Waals surface area (Å²) in [6.45, 7) is 0. The van der Waals surface area contributed by atoms with Gasteiger partial charge in [-0.1, -0.05) is 6.07 Å². The number of hydrogen-bond acceptors (Lipinski definition) is 2. The van der Waals surface area contributed by atoms with Crippen LogP contribution in [0.3, 0.4) is 0 Å². The monoisotopic (exact) mass is 267 g/mol. The minimum atomic E-state index is -1.21. The summed E-state index contributed by atoms with van der Waals surface area (Å²) in [6, 6.07) is 6.04. The lowest BCUT2D eigenvalue weighted by atomic mass is 10.1. The Bertz CT molecular complexity index is 644. The lowest BCUT2D eigenvalue weighted by molar-refractivity contribution is 0.102. The van der Waals surface area contributed by atoms with Crippen LogP contribution in [-0.4, -0.2) is 11.0 Å². The zero-order valence-corrected chi connectivity index (χ0v) is 9.45. The van der Waals surface area contributed by atoms with E-state index in [-0.39, 0.29) is 11.3 Å². The molecule has 0 atom stereocenters. The van der Waals surface area contributed by atoms with Crippen LogP contribution in [0.1, 0.15) is 10.4 Å². The maximum Gasteiger partial charge on any atom is 0.259 e.